The molecule has 0 aliphatic heterocycles. The van der Waals surface area contributed by atoms with Crippen LogP contribution in [0, 0.1) is 5.41 Å². The zero-order chi connectivity index (χ0) is 16.1. The summed E-state index contributed by atoms with van der Waals surface area (Å²) in [5.74, 6) is -0.917. The van der Waals surface area contributed by atoms with Crippen LogP contribution >= 0.6 is 0 Å². The molecular weight excluding hydrogens is 449 g/mol. The first-order chi connectivity index (χ1) is 9.81. The fourth-order valence-electron chi connectivity index (χ4n) is 1.93. The van der Waals surface area contributed by atoms with Crippen molar-refractivity contribution in [1.29, 1.82) is 0 Å². The van der Waals surface area contributed by atoms with Gasteiger partial charge in [0.15, 0.2) is 0 Å². The second-order valence-corrected chi connectivity index (χ2v) is 9.86. The van der Waals surface area contributed by atoms with Gasteiger partial charge in [-0.15, -0.1) is 0 Å². The SMILES string of the molecule is CC(C)(C)CCCCCCCC(=O)[O-].[Hg+][c]1ccccc1. The second kappa shape index (κ2) is 12.2. The van der Waals surface area contributed by atoms with Gasteiger partial charge in [-0.05, 0) is 24.7 Å². The molecule has 0 bridgehead atoms. The number of unbranched alkanes of at least 4 members (excludes halogenated alkanes) is 4. The van der Waals surface area contributed by atoms with Gasteiger partial charge in [-0.25, -0.2) is 0 Å². The third kappa shape index (κ3) is 17.6. The number of carboxylic acids is 1. The second-order valence-electron chi connectivity index (χ2n) is 6.69. The number of hydrogen-bond acceptors (Lipinski definition) is 2. The molecule has 0 spiro atoms. The Morgan fingerprint density at radius 2 is 1.52 bits per heavy atom. The number of benzene rings is 1. The Labute approximate surface area is 146 Å². The van der Waals surface area contributed by atoms with Crippen LogP contribution < -0.4 is 8.18 Å². The molecule has 114 valence electrons. The molecule has 0 aliphatic carbocycles. The summed E-state index contributed by atoms with van der Waals surface area (Å²) in [5.41, 5.74) is 0.436. The Bertz CT molecular complexity index is 369. The van der Waals surface area contributed by atoms with Crippen LogP contribution in [-0.2, 0) is 30.9 Å². The number of rotatable bonds is 7. The molecule has 0 atom stereocenters. The van der Waals surface area contributed by atoms with E-state index in [2.05, 4.69) is 51.1 Å². The first-order valence-corrected chi connectivity index (χ1v) is 10.6. The Balaban J connectivity index is 0.000000471. The summed E-state index contributed by atoms with van der Waals surface area (Å²) in [6.07, 6.45) is 6.92. The van der Waals surface area contributed by atoms with Crippen LogP contribution in [0.15, 0.2) is 30.3 Å². The van der Waals surface area contributed by atoms with Crippen LogP contribution in [0.3, 0.4) is 0 Å². The predicted octanol–water partition coefficient (Wildman–Crippen LogP) is 3.37. The van der Waals surface area contributed by atoms with Crippen molar-refractivity contribution in [1.82, 2.24) is 0 Å². The standard InChI is InChI=1S/C12H24O2.C6H5.Hg/c1-12(2,3)10-8-6-4-5-7-9-11(13)14;1-2-4-6-5-3-1;/h4-10H2,1-3H3,(H,13,14);1-5H;/q;;+1/p-1. The van der Waals surface area contributed by atoms with Crippen molar-refractivity contribution in [3.63, 3.8) is 0 Å². The van der Waals surface area contributed by atoms with Gasteiger partial charge in [0.2, 0.25) is 0 Å². The van der Waals surface area contributed by atoms with Crippen molar-refractivity contribution in [2.75, 3.05) is 0 Å². The molecule has 1 aromatic carbocycles. The molecule has 0 amide bonds. The maximum atomic E-state index is 10.1. The van der Waals surface area contributed by atoms with Crippen molar-refractivity contribution in [2.24, 2.45) is 5.41 Å². The van der Waals surface area contributed by atoms with Crippen LogP contribution in [0.5, 0.6) is 0 Å². The minimum absolute atomic E-state index is 0.221. The van der Waals surface area contributed by atoms with Gasteiger partial charge >= 0.3 is 59.5 Å². The summed E-state index contributed by atoms with van der Waals surface area (Å²) in [6.45, 7) is 6.76. The van der Waals surface area contributed by atoms with Crippen LogP contribution in [0.2, 0.25) is 0 Å². The summed E-state index contributed by atoms with van der Waals surface area (Å²) >= 11 is 0.810. The van der Waals surface area contributed by atoms with Crippen molar-refractivity contribution in [3.8, 4) is 0 Å². The molecular formula is C18H28HgO2. The van der Waals surface area contributed by atoms with E-state index in [1.807, 2.05) is 0 Å². The molecule has 0 saturated carbocycles. The monoisotopic (exact) mass is 478 g/mol. The van der Waals surface area contributed by atoms with E-state index in [1.165, 1.54) is 22.3 Å². The molecule has 0 saturated heterocycles. The van der Waals surface area contributed by atoms with E-state index in [4.69, 9.17) is 0 Å². The van der Waals surface area contributed by atoms with Gasteiger partial charge in [0.05, 0.1) is 0 Å². The average Bonchev–Trinajstić information content (AvgIpc) is 2.37. The van der Waals surface area contributed by atoms with Gasteiger partial charge in [0.25, 0.3) is 0 Å². The Kier molecular flexibility index (Phi) is 12.0. The molecule has 0 radical (unpaired) electrons. The maximum absolute atomic E-state index is 10.1. The van der Waals surface area contributed by atoms with Crippen molar-refractivity contribution >= 4 is 9.04 Å². The molecule has 0 fully saturated rings. The van der Waals surface area contributed by atoms with Gasteiger partial charge in [0.1, 0.15) is 0 Å². The molecule has 0 aliphatic rings. The molecule has 1 aromatic rings. The van der Waals surface area contributed by atoms with E-state index < -0.39 is 5.97 Å². The number of aliphatic carboxylic acids is 1. The molecule has 0 unspecified atom stereocenters. The topological polar surface area (TPSA) is 40.1 Å². The Morgan fingerprint density at radius 3 is 1.95 bits per heavy atom. The molecule has 21 heavy (non-hydrogen) atoms. The molecule has 2 nitrogen and oxygen atoms in total. The minimum atomic E-state index is -0.917. The van der Waals surface area contributed by atoms with Gasteiger partial charge in [-0.3, -0.25) is 0 Å². The van der Waals surface area contributed by atoms with Gasteiger partial charge in [-0.1, -0.05) is 46.5 Å². The number of carbonyl (C=O) groups excluding carboxylic acids is 1. The fraction of sp³-hybridized carbons (Fsp3) is 0.611. The summed E-state index contributed by atoms with van der Waals surface area (Å²) in [4.78, 5) is 10.1. The van der Waals surface area contributed by atoms with E-state index in [1.54, 1.807) is 0 Å². The summed E-state index contributed by atoms with van der Waals surface area (Å²) in [5, 5.41) is 10.1. The quantitative estimate of drug-likeness (QED) is 0.447. The Morgan fingerprint density at radius 1 is 1.00 bits per heavy atom. The summed E-state index contributed by atoms with van der Waals surface area (Å²) < 4.78 is 1.52. The fourth-order valence-corrected chi connectivity index (χ4v) is 2.99. The first kappa shape index (κ1) is 20.6. The van der Waals surface area contributed by atoms with Crippen LogP contribution in [0.1, 0.15) is 65.7 Å². The zero-order valence-electron chi connectivity index (χ0n) is 13.9. The molecule has 1 rings (SSSR count). The van der Waals surface area contributed by atoms with E-state index in [-0.39, 0.29) is 6.42 Å². The summed E-state index contributed by atoms with van der Waals surface area (Å²) in [7, 11) is 0. The van der Waals surface area contributed by atoms with Crippen LogP contribution in [0.4, 0.5) is 0 Å². The van der Waals surface area contributed by atoms with Crippen molar-refractivity contribution < 1.29 is 36.0 Å². The third-order valence-corrected chi connectivity index (χ3v) is 4.98. The van der Waals surface area contributed by atoms with Crippen molar-refractivity contribution in [2.45, 2.75) is 65.7 Å². The molecule has 0 aromatic heterocycles. The summed E-state index contributed by atoms with van der Waals surface area (Å²) in [6, 6.07) is 10.6. The zero-order valence-corrected chi connectivity index (χ0v) is 19.4. The van der Waals surface area contributed by atoms with E-state index in [9.17, 15) is 9.90 Å². The number of hydrogen-bond donors (Lipinski definition) is 0. The van der Waals surface area contributed by atoms with Crippen LogP contribution in [-0.4, -0.2) is 5.97 Å². The molecule has 3 heteroatoms. The molecule has 0 N–H and O–H groups in total. The average molecular weight is 477 g/mol. The van der Waals surface area contributed by atoms with Gasteiger partial charge < -0.3 is 9.90 Å². The first-order valence-electron chi connectivity index (χ1n) is 7.88. The van der Waals surface area contributed by atoms with Gasteiger partial charge in [0, 0.05) is 5.97 Å². The number of carbonyl (C=O) groups is 1. The number of carboxylic acid groups (broad SMARTS) is 1. The van der Waals surface area contributed by atoms with Crippen LogP contribution in [0.25, 0.3) is 0 Å². The normalized spacial score (nSPS) is 10.7. The van der Waals surface area contributed by atoms with Crippen molar-refractivity contribution in [3.05, 3.63) is 30.3 Å². The van der Waals surface area contributed by atoms with Gasteiger partial charge in [-0.2, -0.15) is 0 Å². The van der Waals surface area contributed by atoms with E-state index in [0.29, 0.717) is 5.41 Å². The predicted molar refractivity (Wildman–Crippen MR) is 82.9 cm³/mol. The van der Waals surface area contributed by atoms with E-state index >= 15 is 0 Å². The molecule has 0 heterocycles. The van der Waals surface area contributed by atoms with E-state index in [0.717, 1.165) is 45.4 Å². The Hall–Kier alpha value is -0.375. The third-order valence-electron chi connectivity index (χ3n) is 3.15.